The van der Waals surface area contributed by atoms with Crippen LogP contribution in [0.5, 0.6) is 0 Å². The van der Waals surface area contributed by atoms with E-state index in [0.717, 1.165) is 44.1 Å². The van der Waals surface area contributed by atoms with Crippen molar-refractivity contribution in [1.82, 2.24) is 0 Å². The van der Waals surface area contributed by atoms with Crippen LogP contribution >= 0.6 is 0 Å². The van der Waals surface area contributed by atoms with Crippen molar-refractivity contribution in [2.75, 3.05) is 0 Å². The summed E-state index contributed by atoms with van der Waals surface area (Å²) in [6.45, 7) is 7.16. The highest BCUT2D eigenvalue weighted by atomic mass is 19.4. The van der Waals surface area contributed by atoms with Crippen LogP contribution in [0, 0.1) is 45.8 Å². The molecular formula is C32H49F3O2. The lowest BCUT2D eigenvalue weighted by molar-refractivity contribution is -0.271. The van der Waals surface area contributed by atoms with Crippen LogP contribution in [0.3, 0.4) is 0 Å². The molecule has 210 valence electrons. The molecule has 0 aromatic carbocycles. The van der Waals surface area contributed by atoms with Crippen LogP contribution in [-0.4, -0.2) is 27.6 Å². The fraction of sp³-hybridized carbons (Fsp3) is 0.938. The molecule has 0 aromatic heterocycles. The molecule has 5 saturated carbocycles. The first-order chi connectivity index (χ1) is 17.2. The fourth-order valence-corrected chi connectivity index (χ4v) is 10.7. The third-order valence-electron chi connectivity index (χ3n) is 13.7. The Kier molecular flexibility index (Phi) is 6.11. The third-order valence-corrected chi connectivity index (χ3v) is 13.7. The zero-order valence-corrected chi connectivity index (χ0v) is 23.3. The van der Waals surface area contributed by atoms with E-state index in [4.69, 9.17) is 0 Å². The topological polar surface area (TPSA) is 40.5 Å². The minimum atomic E-state index is -4.56. The van der Waals surface area contributed by atoms with Gasteiger partial charge in [-0.3, -0.25) is 0 Å². The molecule has 6 aliphatic rings. The van der Waals surface area contributed by atoms with Crippen molar-refractivity contribution in [3.05, 3.63) is 11.6 Å². The maximum Gasteiger partial charge on any atom is 0.417 e. The molecule has 8 atom stereocenters. The van der Waals surface area contributed by atoms with Gasteiger partial charge in [-0.05, 0) is 142 Å². The van der Waals surface area contributed by atoms with Gasteiger partial charge in [-0.2, -0.15) is 13.2 Å². The van der Waals surface area contributed by atoms with E-state index in [-0.39, 0.29) is 18.3 Å². The second-order valence-electron chi connectivity index (χ2n) is 15.4. The summed E-state index contributed by atoms with van der Waals surface area (Å²) in [7, 11) is 0. The molecule has 5 fully saturated rings. The summed E-state index contributed by atoms with van der Waals surface area (Å²) in [5, 5.41) is 21.8. The Hall–Kier alpha value is -0.550. The highest BCUT2D eigenvalue weighted by Gasteiger charge is 2.63. The first kappa shape index (κ1) is 26.7. The smallest absolute Gasteiger partial charge is 0.390 e. The molecule has 2 nitrogen and oxygen atoms in total. The standard InChI is InChI=1S/C32H49F3O2/c1-21(8-11-30(36)17-15-29(13-14-29)16-18-30)24-6-7-25-23-5-4-22-20-31(37,32(33,34)35)19-12-27(22,2)26(23)9-10-28(24,25)3/h4,21,23-26,36-37H,5-20H2,1-3H3/t21-,23+,24-,25+,26+,27+,28-,31+/m1/s1. The highest BCUT2D eigenvalue weighted by molar-refractivity contribution is 5.28. The maximum atomic E-state index is 13.6. The largest absolute Gasteiger partial charge is 0.417 e. The zero-order chi connectivity index (χ0) is 26.5. The van der Waals surface area contributed by atoms with Gasteiger partial charge >= 0.3 is 6.18 Å². The van der Waals surface area contributed by atoms with E-state index in [1.165, 1.54) is 44.9 Å². The average Bonchev–Trinajstić information content (AvgIpc) is 3.51. The van der Waals surface area contributed by atoms with Crippen molar-refractivity contribution < 1.29 is 23.4 Å². The number of halogens is 3. The molecule has 0 aliphatic heterocycles. The molecule has 6 aliphatic carbocycles. The number of fused-ring (bicyclic) bond motifs is 5. The summed E-state index contributed by atoms with van der Waals surface area (Å²) in [6, 6.07) is 0. The van der Waals surface area contributed by atoms with E-state index in [9.17, 15) is 23.4 Å². The van der Waals surface area contributed by atoms with Gasteiger partial charge in [-0.15, -0.1) is 0 Å². The summed E-state index contributed by atoms with van der Waals surface area (Å²) in [6.07, 6.45) is 12.5. The zero-order valence-electron chi connectivity index (χ0n) is 23.3. The van der Waals surface area contributed by atoms with Gasteiger partial charge in [0.05, 0.1) is 5.60 Å². The number of rotatable bonds is 4. The van der Waals surface area contributed by atoms with Gasteiger partial charge < -0.3 is 10.2 Å². The van der Waals surface area contributed by atoms with Crippen molar-refractivity contribution in [2.45, 2.75) is 141 Å². The summed E-state index contributed by atoms with van der Waals surface area (Å²) in [5.74, 6) is 2.92. The monoisotopic (exact) mass is 522 g/mol. The van der Waals surface area contributed by atoms with Crippen molar-refractivity contribution in [3.8, 4) is 0 Å². The van der Waals surface area contributed by atoms with E-state index in [1.54, 1.807) is 0 Å². The number of hydrogen-bond acceptors (Lipinski definition) is 2. The molecule has 0 saturated heterocycles. The lowest BCUT2D eigenvalue weighted by Gasteiger charge is -2.59. The Morgan fingerprint density at radius 1 is 0.892 bits per heavy atom. The summed E-state index contributed by atoms with van der Waals surface area (Å²) in [4.78, 5) is 0. The Bertz CT molecular complexity index is 927. The van der Waals surface area contributed by atoms with Crippen LogP contribution in [0.4, 0.5) is 13.2 Å². The molecule has 0 unspecified atom stereocenters. The van der Waals surface area contributed by atoms with Crippen molar-refractivity contribution in [1.29, 1.82) is 0 Å². The van der Waals surface area contributed by atoms with Crippen LogP contribution in [0.2, 0.25) is 0 Å². The van der Waals surface area contributed by atoms with Crippen molar-refractivity contribution in [2.24, 2.45) is 45.8 Å². The van der Waals surface area contributed by atoms with Gasteiger partial charge in [-0.1, -0.05) is 32.4 Å². The highest BCUT2D eigenvalue weighted by Crippen LogP contribution is 2.68. The Morgan fingerprint density at radius 2 is 1.57 bits per heavy atom. The number of alkyl halides is 3. The molecule has 2 N–H and O–H groups in total. The molecule has 0 heterocycles. The van der Waals surface area contributed by atoms with E-state index >= 15 is 0 Å². The number of allylic oxidation sites excluding steroid dienone is 1. The molecular weight excluding hydrogens is 473 g/mol. The van der Waals surface area contributed by atoms with E-state index < -0.39 is 17.4 Å². The molecule has 6 rings (SSSR count). The maximum absolute atomic E-state index is 13.6. The predicted octanol–water partition coefficient (Wildman–Crippen LogP) is 8.36. The summed E-state index contributed by atoms with van der Waals surface area (Å²) < 4.78 is 40.9. The quantitative estimate of drug-likeness (QED) is 0.364. The van der Waals surface area contributed by atoms with Crippen LogP contribution in [-0.2, 0) is 0 Å². The second-order valence-corrected chi connectivity index (χ2v) is 15.4. The second kappa shape index (κ2) is 8.48. The average molecular weight is 523 g/mol. The Labute approximate surface area is 221 Å². The van der Waals surface area contributed by atoms with Crippen molar-refractivity contribution >= 4 is 0 Å². The normalized spacial score (nSPS) is 47.0. The predicted molar refractivity (Wildman–Crippen MR) is 140 cm³/mol. The molecule has 5 heteroatoms. The van der Waals surface area contributed by atoms with Gasteiger partial charge in [0.1, 0.15) is 0 Å². The molecule has 0 radical (unpaired) electrons. The van der Waals surface area contributed by atoms with Gasteiger partial charge in [-0.25, -0.2) is 0 Å². The van der Waals surface area contributed by atoms with Gasteiger partial charge in [0.15, 0.2) is 5.60 Å². The first-order valence-corrected chi connectivity index (χ1v) is 15.4. The molecule has 0 amide bonds. The lowest BCUT2D eigenvalue weighted by Crippen LogP contribution is -2.55. The lowest BCUT2D eigenvalue weighted by atomic mass is 9.46. The minimum Gasteiger partial charge on any atom is -0.390 e. The summed E-state index contributed by atoms with van der Waals surface area (Å²) >= 11 is 0. The van der Waals surface area contributed by atoms with E-state index in [1.807, 2.05) is 0 Å². The minimum absolute atomic E-state index is 0.167. The van der Waals surface area contributed by atoms with Gasteiger partial charge in [0.2, 0.25) is 0 Å². The molecule has 1 spiro atoms. The first-order valence-electron chi connectivity index (χ1n) is 15.4. The fourth-order valence-electron chi connectivity index (χ4n) is 10.7. The van der Waals surface area contributed by atoms with Gasteiger partial charge in [0, 0.05) is 6.42 Å². The Balaban J connectivity index is 1.13. The molecule has 37 heavy (non-hydrogen) atoms. The van der Waals surface area contributed by atoms with Crippen LogP contribution in [0.25, 0.3) is 0 Å². The van der Waals surface area contributed by atoms with E-state index in [0.29, 0.717) is 46.8 Å². The number of aliphatic hydroxyl groups is 2. The SMILES string of the molecule is C[C@H](CCC1(O)CCC2(CC1)CC2)[C@H]1CC[C@H]2[C@@H]3CC=C4C[C@](O)(C(F)(F)F)CC[C@]4(C)[C@H]3CC[C@]12C. The summed E-state index contributed by atoms with van der Waals surface area (Å²) in [5.41, 5.74) is -1.41. The van der Waals surface area contributed by atoms with E-state index in [2.05, 4.69) is 26.8 Å². The number of hydrogen-bond donors (Lipinski definition) is 2. The van der Waals surface area contributed by atoms with Crippen LogP contribution in [0.15, 0.2) is 11.6 Å². The van der Waals surface area contributed by atoms with Crippen LogP contribution < -0.4 is 0 Å². The van der Waals surface area contributed by atoms with Crippen LogP contribution in [0.1, 0.15) is 124 Å². The molecule has 0 aromatic rings. The molecule has 0 bridgehead atoms. The third kappa shape index (κ3) is 4.18. The van der Waals surface area contributed by atoms with Crippen molar-refractivity contribution in [3.63, 3.8) is 0 Å². The van der Waals surface area contributed by atoms with Gasteiger partial charge in [0.25, 0.3) is 0 Å². The Morgan fingerprint density at radius 3 is 2.22 bits per heavy atom.